The number of hydrogen-bond acceptors (Lipinski definition) is 5. The summed E-state index contributed by atoms with van der Waals surface area (Å²) in [5.74, 6) is -0.424. The van der Waals surface area contributed by atoms with Crippen molar-refractivity contribution in [3.05, 3.63) is 27.7 Å². The van der Waals surface area contributed by atoms with Gasteiger partial charge in [-0.2, -0.15) is 0 Å². The van der Waals surface area contributed by atoms with Gasteiger partial charge in [-0.25, -0.2) is 13.1 Å². The molecule has 8 nitrogen and oxygen atoms in total. The van der Waals surface area contributed by atoms with Crippen molar-refractivity contribution in [2.24, 2.45) is 0 Å². The van der Waals surface area contributed by atoms with Crippen molar-refractivity contribution < 1.29 is 22.7 Å². The zero-order valence-electron chi connectivity index (χ0n) is 16.3. The Morgan fingerprint density at radius 3 is 2.27 bits per heavy atom. The molecule has 0 radical (unpaired) electrons. The summed E-state index contributed by atoms with van der Waals surface area (Å²) < 4.78 is 33.2. The number of nitrogens with zero attached hydrogens (tertiary/aromatic N) is 2. The summed E-state index contributed by atoms with van der Waals surface area (Å²) >= 11 is 12.3. The molecule has 1 saturated carbocycles. The Labute approximate surface area is 185 Å². The van der Waals surface area contributed by atoms with Crippen LogP contribution in [-0.4, -0.2) is 75.0 Å². The first-order chi connectivity index (χ1) is 14.3. The highest BCUT2D eigenvalue weighted by Gasteiger charge is 2.33. The van der Waals surface area contributed by atoms with Gasteiger partial charge in [0, 0.05) is 38.8 Å². The third-order valence-electron chi connectivity index (χ3n) is 5.52. The lowest BCUT2D eigenvalue weighted by molar-refractivity contribution is -0.142. The lowest BCUT2D eigenvalue weighted by atomic mass is 10.1. The molecule has 2 aliphatic heterocycles. The number of halogens is 2. The van der Waals surface area contributed by atoms with Gasteiger partial charge in [-0.3, -0.25) is 9.59 Å². The summed E-state index contributed by atoms with van der Waals surface area (Å²) in [4.78, 5) is 28.6. The molecule has 3 aliphatic rings. The summed E-state index contributed by atoms with van der Waals surface area (Å²) in [5.41, 5.74) is 0.0798. The molecule has 0 bridgehead atoms. The van der Waals surface area contributed by atoms with Crippen LogP contribution in [0.3, 0.4) is 0 Å². The maximum Gasteiger partial charge on any atom is 0.255 e. The molecular formula is C19H23Cl2N3O5S. The molecule has 1 unspecified atom stereocenters. The van der Waals surface area contributed by atoms with E-state index in [9.17, 15) is 18.0 Å². The number of carbonyl (C=O) groups excluding carboxylic acids is 2. The van der Waals surface area contributed by atoms with E-state index >= 15 is 0 Å². The molecule has 1 aliphatic carbocycles. The van der Waals surface area contributed by atoms with Gasteiger partial charge in [0.15, 0.2) is 0 Å². The SMILES string of the molecule is O=C(c1cc(S(=O)(=O)NC2CC2)c(Cl)cc1Cl)N1CCN(C(=O)C2CCCO2)CC1. The summed E-state index contributed by atoms with van der Waals surface area (Å²) in [6, 6.07) is 2.44. The molecule has 3 fully saturated rings. The van der Waals surface area contributed by atoms with Crippen LogP contribution in [0.5, 0.6) is 0 Å². The van der Waals surface area contributed by atoms with Crippen molar-refractivity contribution in [2.75, 3.05) is 32.8 Å². The van der Waals surface area contributed by atoms with Crippen LogP contribution in [0.4, 0.5) is 0 Å². The monoisotopic (exact) mass is 475 g/mol. The van der Waals surface area contributed by atoms with Crippen molar-refractivity contribution in [3.63, 3.8) is 0 Å². The number of sulfonamides is 1. The second-order valence-corrected chi connectivity index (χ2v) is 10.3. The first-order valence-electron chi connectivity index (χ1n) is 9.97. The highest BCUT2D eigenvalue weighted by atomic mass is 35.5. The molecule has 2 saturated heterocycles. The smallest absolute Gasteiger partial charge is 0.255 e. The second kappa shape index (κ2) is 8.63. The van der Waals surface area contributed by atoms with Gasteiger partial charge in [-0.1, -0.05) is 23.2 Å². The van der Waals surface area contributed by atoms with Gasteiger partial charge in [-0.05, 0) is 37.8 Å². The van der Waals surface area contributed by atoms with E-state index in [2.05, 4.69) is 4.72 Å². The van der Waals surface area contributed by atoms with Gasteiger partial charge in [0.2, 0.25) is 10.0 Å². The number of piperazine rings is 1. The molecule has 4 rings (SSSR count). The third kappa shape index (κ3) is 4.60. The molecule has 11 heteroatoms. The van der Waals surface area contributed by atoms with Crippen LogP contribution >= 0.6 is 23.2 Å². The number of nitrogens with one attached hydrogen (secondary N) is 1. The largest absolute Gasteiger partial charge is 0.368 e. The van der Waals surface area contributed by atoms with Crippen molar-refractivity contribution >= 4 is 45.0 Å². The van der Waals surface area contributed by atoms with Crippen LogP contribution in [0.1, 0.15) is 36.0 Å². The van der Waals surface area contributed by atoms with Crippen LogP contribution in [0.25, 0.3) is 0 Å². The zero-order chi connectivity index (χ0) is 21.5. The van der Waals surface area contributed by atoms with Gasteiger partial charge in [-0.15, -0.1) is 0 Å². The van der Waals surface area contributed by atoms with E-state index in [0.717, 1.165) is 25.7 Å². The van der Waals surface area contributed by atoms with Gasteiger partial charge in [0.25, 0.3) is 11.8 Å². The first-order valence-corrected chi connectivity index (χ1v) is 12.2. The average molecular weight is 476 g/mol. The predicted octanol–water partition coefficient (Wildman–Crippen LogP) is 1.90. The summed E-state index contributed by atoms with van der Waals surface area (Å²) in [5, 5.41) is 0.0601. The normalized spacial score (nSPS) is 22.4. The molecule has 1 aromatic carbocycles. The zero-order valence-corrected chi connectivity index (χ0v) is 18.6. The lowest BCUT2D eigenvalue weighted by Gasteiger charge is -2.36. The Hall–Kier alpha value is -1.39. The van der Waals surface area contributed by atoms with E-state index in [4.69, 9.17) is 27.9 Å². The molecular weight excluding hydrogens is 453 g/mol. The summed E-state index contributed by atoms with van der Waals surface area (Å²) in [6.45, 7) is 2.05. The molecule has 1 N–H and O–H groups in total. The minimum Gasteiger partial charge on any atom is -0.368 e. The number of rotatable bonds is 5. The van der Waals surface area contributed by atoms with Crippen LogP contribution in [0.15, 0.2) is 17.0 Å². The molecule has 30 heavy (non-hydrogen) atoms. The van der Waals surface area contributed by atoms with Crippen molar-refractivity contribution in [1.29, 1.82) is 0 Å². The number of amides is 2. The van der Waals surface area contributed by atoms with E-state index in [1.54, 1.807) is 9.80 Å². The number of ether oxygens (including phenoxy) is 1. The quantitative estimate of drug-likeness (QED) is 0.701. The van der Waals surface area contributed by atoms with Gasteiger partial charge < -0.3 is 14.5 Å². The minimum absolute atomic E-state index is 0.0309. The second-order valence-electron chi connectivity index (χ2n) is 7.78. The van der Waals surface area contributed by atoms with Crippen molar-refractivity contribution in [2.45, 2.75) is 42.7 Å². The van der Waals surface area contributed by atoms with Gasteiger partial charge >= 0.3 is 0 Å². The highest BCUT2D eigenvalue weighted by molar-refractivity contribution is 7.89. The third-order valence-corrected chi connectivity index (χ3v) is 7.82. The number of benzene rings is 1. The standard InChI is InChI=1S/C19H23Cl2N3O5S/c20-14-11-15(21)17(30(27,28)22-12-3-4-12)10-13(14)18(25)23-5-7-24(8-6-23)19(26)16-2-1-9-29-16/h10-12,16,22H,1-9H2. The van der Waals surface area contributed by atoms with E-state index in [0.29, 0.717) is 32.8 Å². The number of carbonyl (C=O) groups is 2. The molecule has 164 valence electrons. The Kier molecular flexibility index (Phi) is 6.28. The number of hydrogen-bond donors (Lipinski definition) is 1. The fraction of sp³-hybridized carbons (Fsp3) is 0.579. The Morgan fingerprint density at radius 1 is 1.00 bits per heavy atom. The molecule has 1 aromatic rings. The Morgan fingerprint density at radius 2 is 1.67 bits per heavy atom. The van der Waals surface area contributed by atoms with E-state index in [1.165, 1.54) is 12.1 Å². The fourth-order valence-corrected chi connectivity index (χ4v) is 5.82. The van der Waals surface area contributed by atoms with E-state index in [-0.39, 0.29) is 44.5 Å². The fourth-order valence-electron chi connectivity index (χ4n) is 3.66. The summed E-state index contributed by atoms with van der Waals surface area (Å²) in [6.07, 6.45) is 2.79. The Bertz CT molecular complexity index is 953. The van der Waals surface area contributed by atoms with Gasteiger partial charge in [0.05, 0.1) is 15.6 Å². The molecule has 0 spiro atoms. The summed E-state index contributed by atoms with van der Waals surface area (Å²) in [7, 11) is -3.84. The molecule has 2 heterocycles. The average Bonchev–Trinajstić information content (AvgIpc) is 3.34. The molecule has 2 amide bonds. The molecule has 0 aromatic heterocycles. The van der Waals surface area contributed by atoms with Gasteiger partial charge in [0.1, 0.15) is 11.0 Å². The Balaban J connectivity index is 1.47. The van der Waals surface area contributed by atoms with E-state index in [1.807, 2.05) is 0 Å². The van der Waals surface area contributed by atoms with Crippen LogP contribution in [-0.2, 0) is 19.6 Å². The van der Waals surface area contributed by atoms with Crippen molar-refractivity contribution in [1.82, 2.24) is 14.5 Å². The maximum atomic E-state index is 13.0. The minimum atomic E-state index is -3.84. The van der Waals surface area contributed by atoms with Crippen LogP contribution < -0.4 is 4.72 Å². The maximum absolute atomic E-state index is 13.0. The molecule has 1 atom stereocenters. The predicted molar refractivity (Wildman–Crippen MR) is 111 cm³/mol. The van der Waals surface area contributed by atoms with Crippen LogP contribution in [0.2, 0.25) is 10.0 Å². The van der Waals surface area contributed by atoms with Crippen LogP contribution in [0, 0.1) is 0 Å². The topological polar surface area (TPSA) is 96.0 Å². The highest BCUT2D eigenvalue weighted by Crippen LogP contribution is 2.31. The lowest BCUT2D eigenvalue weighted by Crippen LogP contribution is -2.52. The van der Waals surface area contributed by atoms with Crippen molar-refractivity contribution in [3.8, 4) is 0 Å². The first kappa shape index (κ1) is 21.8. The van der Waals surface area contributed by atoms with E-state index < -0.39 is 10.0 Å².